The molecule has 2 saturated heterocycles. The number of aromatic nitrogens is 1. The van der Waals surface area contributed by atoms with Crippen molar-refractivity contribution < 1.29 is 9.90 Å². The monoisotopic (exact) mass is 303 g/mol. The summed E-state index contributed by atoms with van der Waals surface area (Å²) in [5.41, 5.74) is 1.41. The average molecular weight is 303 g/mol. The minimum Gasteiger partial charge on any atom is -0.396 e. The number of rotatable bonds is 3. The molecule has 0 bridgehead atoms. The van der Waals surface area contributed by atoms with E-state index in [9.17, 15) is 9.90 Å². The highest BCUT2D eigenvalue weighted by atomic mass is 16.3. The zero-order valence-corrected chi connectivity index (χ0v) is 13.2. The standard InChI is InChI=1S/C17H25N3O2/c1-14(22)20-11-16(12-21)17(13-20)4-8-19(9-5-17)10-15-2-6-18-7-3-15/h2-3,6-7,16,21H,4-5,8-13H2,1H3. The summed E-state index contributed by atoms with van der Waals surface area (Å²) >= 11 is 0. The Labute approximate surface area is 131 Å². The summed E-state index contributed by atoms with van der Waals surface area (Å²) in [4.78, 5) is 20.1. The van der Waals surface area contributed by atoms with Gasteiger partial charge in [-0.25, -0.2) is 0 Å². The molecule has 2 aliphatic rings. The van der Waals surface area contributed by atoms with Crippen molar-refractivity contribution in [1.29, 1.82) is 0 Å². The Morgan fingerprint density at radius 2 is 2.05 bits per heavy atom. The normalized spacial score (nSPS) is 24.8. The number of aliphatic hydroxyl groups is 1. The molecule has 0 radical (unpaired) electrons. The Balaban J connectivity index is 1.61. The van der Waals surface area contributed by atoms with Crippen molar-refractivity contribution in [3.05, 3.63) is 30.1 Å². The van der Waals surface area contributed by atoms with Gasteiger partial charge in [0.05, 0.1) is 0 Å². The summed E-state index contributed by atoms with van der Waals surface area (Å²) in [5, 5.41) is 9.73. The smallest absolute Gasteiger partial charge is 0.219 e. The molecule has 1 spiro atoms. The average Bonchev–Trinajstić information content (AvgIpc) is 2.90. The van der Waals surface area contributed by atoms with Gasteiger partial charge in [0.1, 0.15) is 0 Å². The van der Waals surface area contributed by atoms with E-state index >= 15 is 0 Å². The van der Waals surface area contributed by atoms with E-state index in [4.69, 9.17) is 0 Å². The third kappa shape index (κ3) is 3.01. The van der Waals surface area contributed by atoms with Crippen LogP contribution in [0.5, 0.6) is 0 Å². The van der Waals surface area contributed by atoms with Gasteiger partial charge < -0.3 is 10.0 Å². The largest absolute Gasteiger partial charge is 0.396 e. The van der Waals surface area contributed by atoms with E-state index < -0.39 is 0 Å². The Morgan fingerprint density at radius 3 is 2.64 bits per heavy atom. The number of likely N-dealkylation sites (tertiary alicyclic amines) is 2. The van der Waals surface area contributed by atoms with E-state index in [0.717, 1.165) is 45.6 Å². The molecule has 120 valence electrons. The number of pyridine rings is 1. The number of hydrogen-bond acceptors (Lipinski definition) is 4. The van der Waals surface area contributed by atoms with Crippen LogP contribution in [0.2, 0.25) is 0 Å². The van der Waals surface area contributed by atoms with E-state index in [1.54, 1.807) is 6.92 Å². The van der Waals surface area contributed by atoms with Gasteiger partial charge in [-0.05, 0) is 49.0 Å². The molecule has 3 heterocycles. The molecule has 0 aliphatic carbocycles. The summed E-state index contributed by atoms with van der Waals surface area (Å²) in [6, 6.07) is 4.13. The summed E-state index contributed by atoms with van der Waals surface area (Å²) in [7, 11) is 0. The zero-order chi connectivity index (χ0) is 15.6. The maximum Gasteiger partial charge on any atom is 0.219 e. The minimum absolute atomic E-state index is 0.120. The van der Waals surface area contributed by atoms with E-state index in [2.05, 4.69) is 22.0 Å². The third-order valence-electron chi connectivity index (χ3n) is 5.49. The summed E-state index contributed by atoms with van der Waals surface area (Å²) in [6.45, 7) is 6.38. The fourth-order valence-electron chi connectivity index (χ4n) is 3.99. The molecule has 2 aliphatic heterocycles. The summed E-state index contributed by atoms with van der Waals surface area (Å²) in [5.74, 6) is 0.369. The topological polar surface area (TPSA) is 56.7 Å². The predicted molar refractivity (Wildman–Crippen MR) is 84.0 cm³/mol. The van der Waals surface area contributed by atoms with Crippen molar-refractivity contribution in [2.75, 3.05) is 32.8 Å². The van der Waals surface area contributed by atoms with Crippen LogP contribution in [0.1, 0.15) is 25.3 Å². The summed E-state index contributed by atoms with van der Waals surface area (Å²) in [6.07, 6.45) is 5.80. The van der Waals surface area contributed by atoms with Crippen LogP contribution in [-0.4, -0.2) is 58.6 Å². The lowest BCUT2D eigenvalue weighted by Gasteiger charge is -2.42. The fourth-order valence-corrected chi connectivity index (χ4v) is 3.99. The second-order valence-electron chi connectivity index (χ2n) is 6.77. The molecule has 3 rings (SSSR count). The number of carbonyl (C=O) groups excluding carboxylic acids is 1. The van der Waals surface area contributed by atoms with E-state index in [-0.39, 0.29) is 23.8 Å². The zero-order valence-electron chi connectivity index (χ0n) is 13.2. The van der Waals surface area contributed by atoms with Crippen LogP contribution < -0.4 is 0 Å². The number of nitrogens with zero attached hydrogens (tertiary/aromatic N) is 3. The Hall–Kier alpha value is -1.46. The molecular weight excluding hydrogens is 278 g/mol. The van der Waals surface area contributed by atoms with Crippen LogP contribution >= 0.6 is 0 Å². The maximum atomic E-state index is 11.7. The van der Waals surface area contributed by atoms with Gasteiger partial charge in [-0.15, -0.1) is 0 Å². The Bertz CT molecular complexity index is 512. The van der Waals surface area contributed by atoms with Gasteiger partial charge in [0, 0.05) is 51.5 Å². The highest BCUT2D eigenvalue weighted by molar-refractivity contribution is 5.73. The van der Waals surface area contributed by atoms with E-state index in [0.29, 0.717) is 0 Å². The van der Waals surface area contributed by atoms with Crippen molar-refractivity contribution in [3.8, 4) is 0 Å². The lowest BCUT2D eigenvalue weighted by Crippen LogP contribution is -2.44. The molecule has 1 aromatic rings. The Kier molecular flexibility index (Phi) is 4.45. The van der Waals surface area contributed by atoms with E-state index in [1.807, 2.05) is 17.3 Å². The first-order valence-electron chi connectivity index (χ1n) is 8.10. The van der Waals surface area contributed by atoms with Gasteiger partial charge in [0.2, 0.25) is 5.91 Å². The first kappa shape index (κ1) is 15.4. The number of aliphatic hydroxyl groups excluding tert-OH is 1. The van der Waals surface area contributed by atoms with Crippen LogP contribution in [0.15, 0.2) is 24.5 Å². The van der Waals surface area contributed by atoms with E-state index in [1.165, 1.54) is 5.56 Å². The molecular formula is C17H25N3O2. The van der Waals surface area contributed by atoms with Gasteiger partial charge in [-0.2, -0.15) is 0 Å². The predicted octanol–water partition coefficient (Wildman–Crippen LogP) is 1.13. The molecule has 1 unspecified atom stereocenters. The highest BCUT2D eigenvalue weighted by Crippen LogP contribution is 2.44. The minimum atomic E-state index is 0.120. The van der Waals surface area contributed by atoms with Crippen LogP contribution in [0.3, 0.4) is 0 Å². The van der Waals surface area contributed by atoms with Gasteiger partial charge in [-0.3, -0.25) is 14.7 Å². The van der Waals surface area contributed by atoms with Crippen molar-refractivity contribution in [2.45, 2.75) is 26.3 Å². The molecule has 1 atom stereocenters. The van der Waals surface area contributed by atoms with Crippen molar-refractivity contribution >= 4 is 5.91 Å². The first-order chi connectivity index (χ1) is 10.6. The number of piperidine rings is 1. The molecule has 1 aromatic heterocycles. The second kappa shape index (κ2) is 6.34. The molecule has 2 fully saturated rings. The van der Waals surface area contributed by atoms with Crippen LogP contribution in [0, 0.1) is 11.3 Å². The maximum absolute atomic E-state index is 11.7. The Morgan fingerprint density at radius 1 is 1.36 bits per heavy atom. The number of amides is 1. The quantitative estimate of drug-likeness (QED) is 0.909. The lowest BCUT2D eigenvalue weighted by atomic mass is 9.71. The lowest BCUT2D eigenvalue weighted by molar-refractivity contribution is -0.128. The molecule has 1 amide bonds. The van der Waals surface area contributed by atoms with Crippen molar-refractivity contribution in [1.82, 2.24) is 14.8 Å². The molecule has 0 saturated carbocycles. The molecule has 0 aromatic carbocycles. The van der Waals surface area contributed by atoms with Crippen LogP contribution in [-0.2, 0) is 11.3 Å². The van der Waals surface area contributed by atoms with Gasteiger partial charge in [0.15, 0.2) is 0 Å². The summed E-state index contributed by atoms with van der Waals surface area (Å²) < 4.78 is 0. The van der Waals surface area contributed by atoms with Gasteiger partial charge in [0.25, 0.3) is 0 Å². The molecule has 1 N–H and O–H groups in total. The van der Waals surface area contributed by atoms with Crippen molar-refractivity contribution in [2.24, 2.45) is 11.3 Å². The van der Waals surface area contributed by atoms with Gasteiger partial charge >= 0.3 is 0 Å². The van der Waals surface area contributed by atoms with Crippen molar-refractivity contribution in [3.63, 3.8) is 0 Å². The fraction of sp³-hybridized carbons (Fsp3) is 0.647. The third-order valence-corrected chi connectivity index (χ3v) is 5.49. The van der Waals surface area contributed by atoms with Crippen LogP contribution in [0.4, 0.5) is 0 Å². The number of carbonyl (C=O) groups is 1. The highest BCUT2D eigenvalue weighted by Gasteiger charge is 2.48. The van der Waals surface area contributed by atoms with Crippen LogP contribution in [0.25, 0.3) is 0 Å². The molecule has 5 heteroatoms. The SMILES string of the molecule is CC(=O)N1CC(CO)C2(CCN(Cc3ccncc3)CC2)C1. The number of hydrogen-bond donors (Lipinski definition) is 1. The second-order valence-corrected chi connectivity index (χ2v) is 6.77. The first-order valence-corrected chi connectivity index (χ1v) is 8.10. The van der Waals surface area contributed by atoms with Gasteiger partial charge in [-0.1, -0.05) is 0 Å². The molecule has 22 heavy (non-hydrogen) atoms. The molecule has 5 nitrogen and oxygen atoms in total.